The fraction of sp³-hybridized carbons (Fsp3) is 0.625. The zero-order valence-electron chi connectivity index (χ0n) is 12.3. The van der Waals surface area contributed by atoms with Crippen LogP contribution >= 0.6 is 0 Å². The monoisotopic (exact) mass is 281 g/mol. The van der Waals surface area contributed by atoms with Gasteiger partial charge in [0.1, 0.15) is 0 Å². The Kier molecular flexibility index (Phi) is 7.80. The van der Waals surface area contributed by atoms with Gasteiger partial charge in [-0.3, -0.25) is 4.21 Å². The average Bonchev–Trinajstić information content (AvgIpc) is 2.40. The second kappa shape index (κ2) is 9.13. The summed E-state index contributed by atoms with van der Waals surface area (Å²) in [6.07, 6.45) is 8.83. The molecule has 0 aliphatic carbocycles. The van der Waals surface area contributed by atoms with Crippen molar-refractivity contribution >= 4 is 16.5 Å². The highest BCUT2D eigenvalue weighted by Crippen LogP contribution is 2.17. The molecular weight excluding hydrogens is 254 g/mol. The Morgan fingerprint density at radius 2 is 1.68 bits per heavy atom. The molecule has 0 aliphatic heterocycles. The normalized spacial score (nSPS) is 12.5. The molecule has 1 atom stereocenters. The van der Waals surface area contributed by atoms with Crippen molar-refractivity contribution in [3.8, 4) is 0 Å². The van der Waals surface area contributed by atoms with Crippen LogP contribution in [-0.4, -0.2) is 9.96 Å². The van der Waals surface area contributed by atoms with E-state index in [1.54, 1.807) is 0 Å². The highest BCUT2D eigenvalue weighted by atomic mass is 32.2. The standard InChI is InChI=1S/C16H27NOS/c1-3-4-5-6-7-8-9-12-19(18)15-10-11-16(17)14(2)13-15/h10-11,13H,3-9,12,17H2,1-2H3. The lowest BCUT2D eigenvalue weighted by molar-refractivity contribution is 0.601. The summed E-state index contributed by atoms with van der Waals surface area (Å²) >= 11 is 0. The average molecular weight is 281 g/mol. The molecule has 0 radical (unpaired) electrons. The van der Waals surface area contributed by atoms with Crippen LogP contribution in [0.5, 0.6) is 0 Å². The maximum Gasteiger partial charge on any atom is 0.0529 e. The molecule has 1 aromatic carbocycles. The molecule has 0 fully saturated rings. The Bertz CT molecular complexity index is 404. The van der Waals surface area contributed by atoms with Crippen LogP contribution in [0.15, 0.2) is 23.1 Å². The van der Waals surface area contributed by atoms with Gasteiger partial charge in [-0.15, -0.1) is 0 Å². The van der Waals surface area contributed by atoms with Gasteiger partial charge in [-0.2, -0.15) is 0 Å². The second-order valence-corrected chi connectivity index (χ2v) is 6.76. The summed E-state index contributed by atoms with van der Waals surface area (Å²) in [5.41, 5.74) is 7.56. The van der Waals surface area contributed by atoms with E-state index in [2.05, 4.69) is 6.92 Å². The lowest BCUT2D eigenvalue weighted by Gasteiger charge is -2.05. The van der Waals surface area contributed by atoms with Crippen molar-refractivity contribution in [2.75, 3.05) is 11.5 Å². The molecule has 0 saturated carbocycles. The van der Waals surface area contributed by atoms with Gasteiger partial charge in [0.25, 0.3) is 0 Å². The van der Waals surface area contributed by atoms with E-state index in [-0.39, 0.29) is 0 Å². The number of nitrogens with two attached hydrogens (primary N) is 1. The van der Waals surface area contributed by atoms with Crippen LogP contribution in [0.2, 0.25) is 0 Å². The first-order valence-corrected chi connectivity index (χ1v) is 8.71. The van der Waals surface area contributed by atoms with Crippen LogP contribution in [0.1, 0.15) is 57.4 Å². The zero-order chi connectivity index (χ0) is 14.1. The Morgan fingerprint density at radius 1 is 1.05 bits per heavy atom. The predicted octanol–water partition coefficient (Wildman–Crippen LogP) is 4.44. The predicted molar refractivity (Wildman–Crippen MR) is 84.9 cm³/mol. The first kappa shape index (κ1) is 16.2. The van der Waals surface area contributed by atoms with Gasteiger partial charge in [-0.25, -0.2) is 0 Å². The minimum absolute atomic E-state index is 0.775. The molecule has 0 aliphatic rings. The number of aryl methyl sites for hydroxylation is 1. The molecule has 1 unspecified atom stereocenters. The fourth-order valence-corrected chi connectivity index (χ4v) is 3.33. The quantitative estimate of drug-likeness (QED) is 0.537. The van der Waals surface area contributed by atoms with E-state index in [1.165, 1.54) is 38.5 Å². The van der Waals surface area contributed by atoms with E-state index in [0.717, 1.165) is 28.3 Å². The lowest BCUT2D eigenvalue weighted by atomic mass is 10.1. The van der Waals surface area contributed by atoms with Crippen molar-refractivity contribution in [2.45, 2.75) is 63.7 Å². The maximum absolute atomic E-state index is 12.1. The molecule has 2 N–H and O–H groups in total. The number of rotatable bonds is 9. The summed E-state index contributed by atoms with van der Waals surface area (Å²) in [6.45, 7) is 4.20. The number of hydrogen-bond donors (Lipinski definition) is 1. The van der Waals surface area contributed by atoms with Gasteiger partial charge < -0.3 is 5.73 Å². The number of benzene rings is 1. The molecule has 0 spiro atoms. The number of unbranched alkanes of at least 4 members (excludes halogenated alkanes) is 6. The zero-order valence-corrected chi connectivity index (χ0v) is 13.1. The molecule has 1 rings (SSSR count). The highest BCUT2D eigenvalue weighted by Gasteiger charge is 2.05. The molecule has 108 valence electrons. The van der Waals surface area contributed by atoms with Crippen LogP contribution in [0.4, 0.5) is 5.69 Å². The first-order chi connectivity index (χ1) is 9.15. The van der Waals surface area contributed by atoms with Gasteiger partial charge in [0.05, 0.1) is 10.8 Å². The summed E-state index contributed by atoms with van der Waals surface area (Å²) in [5.74, 6) is 0.775. The number of hydrogen-bond acceptors (Lipinski definition) is 2. The molecule has 1 aromatic rings. The van der Waals surface area contributed by atoms with Gasteiger partial charge in [0.2, 0.25) is 0 Å². The Morgan fingerprint density at radius 3 is 2.32 bits per heavy atom. The Balaban J connectivity index is 2.22. The summed E-state index contributed by atoms with van der Waals surface area (Å²) in [4.78, 5) is 0.915. The third kappa shape index (κ3) is 6.24. The summed E-state index contributed by atoms with van der Waals surface area (Å²) in [6, 6.07) is 5.69. The van der Waals surface area contributed by atoms with Gasteiger partial charge in [-0.05, 0) is 37.1 Å². The second-order valence-electron chi connectivity index (χ2n) is 5.19. The van der Waals surface area contributed by atoms with Crippen molar-refractivity contribution in [1.29, 1.82) is 0 Å². The van der Waals surface area contributed by atoms with E-state index in [1.807, 2.05) is 25.1 Å². The molecule has 0 amide bonds. The number of anilines is 1. The Hall–Kier alpha value is -0.830. The van der Waals surface area contributed by atoms with Crippen molar-refractivity contribution in [3.05, 3.63) is 23.8 Å². The van der Waals surface area contributed by atoms with Gasteiger partial charge in [0.15, 0.2) is 0 Å². The summed E-state index contributed by atoms with van der Waals surface area (Å²) < 4.78 is 12.1. The van der Waals surface area contributed by atoms with Crippen molar-refractivity contribution in [1.82, 2.24) is 0 Å². The molecule has 2 nitrogen and oxygen atoms in total. The molecule has 19 heavy (non-hydrogen) atoms. The summed E-state index contributed by atoms with van der Waals surface area (Å²) in [5, 5.41) is 0. The lowest BCUT2D eigenvalue weighted by Crippen LogP contribution is -2.00. The van der Waals surface area contributed by atoms with E-state index in [0.29, 0.717) is 0 Å². The SMILES string of the molecule is CCCCCCCCCS(=O)c1ccc(N)c(C)c1. The molecule has 0 heterocycles. The maximum atomic E-state index is 12.1. The molecule has 3 heteroatoms. The minimum Gasteiger partial charge on any atom is -0.399 e. The van der Waals surface area contributed by atoms with Crippen molar-refractivity contribution < 1.29 is 4.21 Å². The van der Waals surface area contributed by atoms with E-state index in [9.17, 15) is 4.21 Å². The van der Waals surface area contributed by atoms with E-state index >= 15 is 0 Å². The van der Waals surface area contributed by atoms with Crippen molar-refractivity contribution in [2.24, 2.45) is 0 Å². The van der Waals surface area contributed by atoms with Crippen LogP contribution in [0.3, 0.4) is 0 Å². The molecule has 0 saturated heterocycles. The Labute approximate surface area is 120 Å². The van der Waals surface area contributed by atoms with Gasteiger partial charge >= 0.3 is 0 Å². The molecule has 0 aromatic heterocycles. The molecular formula is C16H27NOS. The molecule has 0 bridgehead atoms. The highest BCUT2D eigenvalue weighted by molar-refractivity contribution is 7.85. The third-order valence-corrected chi connectivity index (χ3v) is 4.88. The minimum atomic E-state index is -0.866. The van der Waals surface area contributed by atoms with Crippen LogP contribution in [-0.2, 0) is 10.8 Å². The van der Waals surface area contributed by atoms with Crippen LogP contribution in [0.25, 0.3) is 0 Å². The smallest absolute Gasteiger partial charge is 0.0529 e. The largest absolute Gasteiger partial charge is 0.399 e. The van der Waals surface area contributed by atoms with Gasteiger partial charge in [0, 0.05) is 16.3 Å². The summed E-state index contributed by atoms with van der Waals surface area (Å²) in [7, 11) is -0.866. The van der Waals surface area contributed by atoms with Crippen molar-refractivity contribution in [3.63, 3.8) is 0 Å². The van der Waals surface area contributed by atoms with Crippen LogP contribution in [0, 0.1) is 6.92 Å². The first-order valence-electron chi connectivity index (χ1n) is 7.39. The van der Waals surface area contributed by atoms with Gasteiger partial charge in [-0.1, -0.05) is 45.4 Å². The van der Waals surface area contributed by atoms with E-state index in [4.69, 9.17) is 5.73 Å². The fourth-order valence-electron chi connectivity index (χ4n) is 2.10. The van der Waals surface area contributed by atoms with E-state index < -0.39 is 10.8 Å². The topological polar surface area (TPSA) is 43.1 Å². The third-order valence-electron chi connectivity index (χ3n) is 3.44. The van der Waals surface area contributed by atoms with Crippen LogP contribution < -0.4 is 5.73 Å². The number of nitrogen functional groups attached to an aromatic ring is 1.